The lowest BCUT2D eigenvalue weighted by atomic mass is 10.2. The fourth-order valence-electron chi connectivity index (χ4n) is 2.66. The Morgan fingerprint density at radius 1 is 1.00 bits per heavy atom. The molecule has 144 valence electrons. The van der Waals surface area contributed by atoms with Crippen molar-refractivity contribution in [2.24, 2.45) is 0 Å². The molecule has 0 spiro atoms. The van der Waals surface area contributed by atoms with E-state index < -0.39 is 11.9 Å². The number of thiazole rings is 1. The fourth-order valence-corrected chi connectivity index (χ4v) is 4.30. The molecule has 1 amide bonds. The fraction of sp³-hybridized carbons (Fsp3) is 0.0455. The Morgan fingerprint density at radius 3 is 2.66 bits per heavy atom. The van der Waals surface area contributed by atoms with Gasteiger partial charge in [-0.2, -0.15) is 0 Å². The number of rotatable bonds is 6. The average Bonchev–Trinajstić information content (AvgIpc) is 3.22. The van der Waals surface area contributed by atoms with E-state index in [1.807, 2.05) is 54.6 Å². The van der Waals surface area contributed by atoms with E-state index in [2.05, 4.69) is 10.3 Å². The Bertz CT molecular complexity index is 1160. The van der Waals surface area contributed by atoms with Gasteiger partial charge in [0.1, 0.15) is 0 Å². The van der Waals surface area contributed by atoms with E-state index in [0.29, 0.717) is 11.3 Å². The van der Waals surface area contributed by atoms with Crippen LogP contribution in [-0.2, 0) is 9.53 Å². The molecule has 3 aromatic carbocycles. The number of carbonyl (C=O) groups excluding carboxylic acids is 2. The minimum atomic E-state index is -0.539. The molecule has 0 aliphatic heterocycles. The number of benzene rings is 3. The lowest BCUT2D eigenvalue weighted by Gasteiger charge is -2.11. The standard InChI is InChI=1S/C22H16N2O3S2/c25-21(13-27-22(26)15-10-11-17-20(12-15)28-14-23-17)24-18-8-4-5-9-19(18)29-16-6-2-1-3-7-16/h1-12,14H,13H2,(H,24,25). The van der Waals surface area contributed by atoms with E-state index in [9.17, 15) is 9.59 Å². The van der Waals surface area contributed by atoms with Crippen molar-refractivity contribution >= 4 is 50.9 Å². The highest BCUT2D eigenvalue weighted by molar-refractivity contribution is 7.99. The molecule has 0 bridgehead atoms. The lowest BCUT2D eigenvalue weighted by Crippen LogP contribution is -2.21. The molecule has 5 nitrogen and oxygen atoms in total. The van der Waals surface area contributed by atoms with Gasteiger partial charge in [0, 0.05) is 9.79 Å². The first kappa shape index (κ1) is 19.2. The van der Waals surface area contributed by atoms with Gasteiger partial charge in [-0.25, -0.2) is 9.78 Å². The molecule has 0 saturated heterocycles. The van der Waals surface area contributed by atoms with Gasteiger partial charge in [-0.05, 0) is 42.5 Å². The number of nitrogens with one attached hydrogen (secondary N) is 1. The zero-order valence-electron chi connectivity index (χ0n) is 15.2. The number of ether oxygens (including phenoxy) is 1. The van der Waals surface area contributed by atoms with E-state index in [-0.39, 0.29) is 6.61 Å². The van der Waals surface area contributed by atoms with E-state index in [4.69, 9.17) is 4.74 Å². The van der Waals surface area contributed by atoms with E-state index in [0.717, 1.165) is 20.0 Å². The van der Waals surface area contributed by atoms with Crippen molar-refractivity contribution in [1.82, 2.24) is 4.98 Å². The maximum absolute atomic E-state index is 12.3. The summed E-state index contributed by atoms with van der Waals surface area (Å²) in [5.41, 5.74) is 3.62. The Balaban J connectivity index is 1.38. The summed E-state index contributed by atoms with van der Waals surface area (Å²) < 4.78 is 6.07. The summed E-state index contributed by atoms with van der Waals surface area (Å²) >= 11 is 3.00. The van der Waals surface area contributed by atoms with Crippen molar-refractivity contribution in [2.45, 2.75) is 9.79 Å². The maximum Gasteiger partial charge on any atom is 0.338 e. The summed E-state index contributed by atoms with van der Waals surface area (Å²) in [6.07, 6.45) is 0. The first-order valence-electron chi connectivity index (χ1n) is 8.81. The number of fused-ring (bicyclic) bond motifs is 1. The van der Waals surface area contributed by atoms with Crippen molar-refractivity contribution in [3.63, 3.8) is 0 Å². The molecule has 0 aliphatic rings. The normalized spacial score (nSPS) is 10.6. The number of amides is 1. The molecule has 0 saturated carbocycles. The number of carbonyl (C=O) groups is 2. The SMILES string of the molecule is O=C(COC(=O)c1ccc2ncsc2c1)Nc1ccccc1Sc1ccccc1. The quantitative estimate of drug-likeness (QED) is 0.432. The largest absolute Gasteiger partial charge is 0.452 e. The summed E-state index contributed by atoms with van der Waals surface area (Å²) in [6, 6.07) is 22.5. The predicted molar refractivity (Wildman–Crippen MR) is 116 cm³/mol. The van der Waals surface area contributed by atoms with Crippen molar-refractivity contribution in [1.29, 1.82) is 0 Å². The molecule has 7 heteroatoms. The van der Waals surface area contributed by atoms with Crippen LogP contribution in [0.25, 0.3) is 10.2 Å². The van der Waals surface area contributed by atoms with Gasteiger partial charge in [-0.1, -0.05) is 42.1 Å². The minimum Gasteiger partial charge on any atom is -0.452 e. The van der Waals surface area contributed by atoms with E-state index in [1.165, 1.54) is 11.3 Å². The van der Waals surface area contributed by atoms with Crippen LogP contribution in [0, 0.1) is 0 Å². The second kappa shape index (κ2) is 8.89. The monoisotopic (exact) mass is 420 g/mol. The second-order valence-electron chi connectivity index (χ2n) is 6.07. The molecule has 0 fully saturated rings. The molecule has 0 radical (unpaired) electrons. The van der Waals surface area contributed by atoms with Crippen molar-refractivity contribution < 1.29 is 14.3 Å². The first-order chi connectivity index (χ1) is 14.2. The van der Waals surface area contributed by atoms with Gasteiger partial charge in [-0.15, -0.1) is 11.3 Å². The second-order valence-corrected chi connectivity index (χ2v) is 8.07. The molecular weight excluding hydrogens is 404 g/mol. The van der Waals surface area contributed by atoms with Crippen LogP contribution < -0.4 is 5.32 Å². The molecule has 1 heterocycles. The van der Waals surface area contributed by atoms with Crippen LogP contribution in [0.5, 0.6) is 0 Å². The van der Waals surface area contributed by atoms with Gasteiger partial charge in [0.05, 0.1) is 27.0 Å². The van der Waals surface area contributed by atoms with Gasteiger partial charge in [0.2, 0.25) is 0 Å². The summed E-state index contributed by atoms with van der Waals surface area (Å²) in [5.74, 6) is -0.930. The Kier molecular flexibility index (Phi) is 5.88. The molecule has 0 atom stereocenters. The lowest BCUT2D eigenvalue weighted by molar-refractivity contribution is -0.119. The van der Waals surface area contributed by atoms with Crippen molar-refractivity contribution in [2.75, 3.05) is 11.9 Å². The van der Waals surface area contributed by atoms with Crippen LogP contribution in [0.4, 0.5) is 5.69 Å². The van der Waals surface area contributed by atoms with Crippen molar-refractivity contribution in [3.05, 3.63) is 83.9 Å². The van der Waals surface area contributed by atoms with Crippen molar-refractivity contribution in [3.8, 4) is 0 Å². The molecule has 0 unspecified atom stereocenters. The third-order valence-electron chi connectivity index (χ3n) is 4.03. The Hall–Kier alpha value is -3.16. The molecule has 1 N–H and O–H groups in total. The highest BCUT2D eigenvalue weighted by atomic mass is 32.2. The zero-order chi connectivity index (χ0) is 20.1. The van der Waals surface area contributed by atoms with Gasteiger partial charge in [0.25, 0.3) is 5.91 Å². The molecule has 4 rings (SSSR count). The summed E-state index contributed by atoms with van der Waals surface area (Å²) in [6.45, 7) is -0.357. The number of aromatic nitrogens is 1. The predicted octanol–water partition coefficient (Wildman–Crippen LogP) is 5.24. The third-order valence-corrected chi connectivity index (χ3v) is 5.91. The topological polar surface area (TPSA) is 68.3 Å². The van der Waals surface area contributed by atoms with Gasteiger partial charge in [-0.3, -0.25) is 4.79 Å². The number of nitrogens with zero attached hydrogens (tertiary/aromatic N) is 1. The zero-order valence-corrected chi connectivity index (χ0v) is 16.8. The summed E-state index contributed by atoms with van der Waals surface area (Å²) in [5, 5.41) is 2.82. The van der Waals surface area contributed by atoms with Crippen LogP contribution in [0.1, 0.15) is 10.4 Å². The first-order valence-corrected chi connectivity index (χ1v) is 10.5. The van der Waals surface area contributed by atoms with Gasteiger partial charge < -0.3 is 10.1 Å². The number of anilines is 1. The van der Waals surface area contributed by atoms with Crippen LogP contribution in [0.15, 0.2) is 88.1 Å². The average molecular weight is 421 g/mol. The number of hydrogen-bond acceptors (Lipinski definition) is 6. The van der Waals surface area contributed by atoms with Gasteiger partial charge in [0.15, 0.2) is 6.61 Å². The van der Waals surface area contributed by atoms with Crippen LogP contribution in [-0.4, -0.2) is 23.5 Å². The van der Waals surface area contributed by atoms with E-state index in [1.54, 1.807) is 35.5 Å². The highest BCUT2D eigenvalue weighted by Crippen LogP contribution is 2.33. The Morgan fingerprint density at radius 2 is 1.79 bits per heavy atom. The number of esters is 1. The van der Waals surface area contributed by atoms with E-state index >= 15 is 0 Å². The molecular formula is C22H16N2O3S2. The minimum absolute atomic E-state index is 0.357. The summed E-state index contributed by atoms with van der Waals surface area (Å²) in [7, 11) is 0. The molecule has 0 aliphatic carbocycles. The number of para-hydroxylation sites is 1. The van der Waals surface area contributed by atoms with Crippen LogP contribution in [0.3, 0.4) is 0 Å². The maximum atomic E-state index is 12.3. The third kappa shape index (κ3) is 4.82. The number of hydrogen-bond donors (Lipinski definition) is 1. The smallest absolute Gasteiger partial charge is 0.338 e. The summed E-state index contributed by atoms with van der Waals surface area (Å²) in [4.78, 5) is 30.7. The molecule has 1 aromatic heterocycles. The Labute approximate surface area is 175 Å². The van der Waals surface area contributed by atoms with Crippen LogP contribution in [0.2, 0.25) is 0 Å². The van der Waals surface area contributed by atoms with Crippen LogP contribution >= 0.6 is 23.1 Å². The van der Waals surface area contributed by atoms with Gasteiger partial charge >= 0.3 is 5.97 Å². The molecule has 4 aromatic rings. The highest BCUT2D eigenvalue weighted by Gasteiger charge is 2.13. The molecule has 29 heavy (non-hydrogen) atoms.